The van der Waals surface area contributed by atoms with Crippen LogP contribution in [-0.2, 0) is 17.9 Å². The molecule has 0 unspecified atom stereocenters. The number of aromatic hydroxyl groups is 1. The minimum absolute atomic E-state index is 0.00925. The standard InChI is InChI=1S/C14H23N3O3/c1-9(2)17-13(19)4-5-15-7-12-11(8-18)6-16-10(3)14(12)20/h6,9,15,18,20H,4-5,7-8H2,1-3H3,(H,17,19). The van der Waals surface area contributed by atoms with Crippen molar-refractivity contribution in [1.29, 1.82) is 0 Å². The van der Waals surface area contributed by atoms with Crippen molar-refractivity contribution < 1.29 is 15.0 Å². The van der Waals surface area contributed by atoms with Crippen molar-refractivity contribution >= 4 is 5.91 Å². The first-order valence-corrected chi connectivity index (χ1v) is 6.73. The lowest BCUT2D eigenvalue weighted by molar-refractivity contribution is -0.121. The van der Waals surface area contributed by atoms with Gasteiger partial charge in [0.2, 0.25) is 5.91 Å². The minimum atomic E-state index is -0.175. The molecule has 0 bridgehead atoms. The van der Waals surface area contributed by atoms with Crippen molar-refractivity contribution in [3.8, 4) is 5.75 Å². The van der Waals surface area contributed by atoms with Gasteiger partial charge in [-0.1, -0.05) is 0 Å². The summed E-state index contributed by atoms with van der Waals surface area (Å²) < 4.78 is 0. The number of hydrogen-bond acceptors (Lipinski definition) is 5. The second-order valence-electron chi connectivity index (χ2n) is 5.00. The average Bonchev–Trinajstić information content (AvgIpc) is 2.38. The van der Waals surface area contributed by atoms with Crippen LogP contribution in [0.25, 0.3) is 0 Å². The van der Waals surface area contributed by atoms with E-state index in [2.05, 4.69) is 15.6 Å². The summed E-state index contributed by atoms with van der Waals surface area (Å²) in [6.07, 6.45) is 1.93. The van der Waals surface area contributed by atoms with Gasteiger partial charge in [-0.2, -0.15) is 0 Å². The van der Waals surface area contributed by atoms with Gasteiger partial charge in [0.1, 0.15) is 5.75 Å². The van der Waals surface area contributed by atoms with Gasteiger partial charge in [-0.15, -0.1) is 0 Å². The van der Waals surface area contributed by atoms with E-state index in [-0.39, 0.29) is 24.3 Å². The Morgan fingerprint density at radius 2 is 2.15 bits per heavy atom. The maximum absolute atomic E-state index is 11.5. The second kappa shape index (κ2) is 7.81. The van der Waals surface area contributed by atoms with Crippen LogP contribution in [0, 0.1) is 6.92 Å². The van der Waals surface area contributed by atoms with E-state index in [1.807, 2.05) is 13.8 Å². The van der Waals surface area contributed by atoms with Gasteiger partial charge < -0.3 is 20.8 Å². The zero-order valence-corrected chi connectivity index (χ0v) is 12.2. The Balaban J connectivity index is 2.50. The number of aromatic nitrogens is 1. The molecular weight excluding hydrogens is 258 g/mol. The number of aliphatic hydroxyl groups excluding tert-OH is 1. The number of amides is 1. The number of hydrogen-bond donors (Lipinski definition) is 4. The molecule has 0 atom stereocenters. The Hall–Kier alpha value is -1.66. The number of carbonyl (C=O) groups is 1. The number of nitrogens with one attached hydrogen (secondary N) is 2. The van der Waals surface area contributed by atoms with Crippen molar-refractivity contribution in [3.63, 3.8) is 0 Å². The van der Waals surface area contributed by atoms with E-state index in [9.17, 15) is 15.0 Å². The molecule has 4 N–H and O–H groups in total. The summed E-state index contributed by atoms with van der Waals surface area (Å²) in [5.74, 6) is 0.0840. The molecule has 112 valence electrons. The Kier molecular flexibility index (Phi) is 6.41. The summed E-state index contributed by atoms with van der Waals surface area (Å²) in [7, 11) is 0. The molecule has 6 heteroatoms. The molecule has 20 heavy (non-hydrogen) atoms. The molecule has 1 rings (SSSR count). The molecule has 1 amide bonds. The van der Waals surface area contributed by atoms with Gasteiger partial charge in [0.25, 0.3) is 0 Å². The number of pyridine rings is 1. The van der Waals surface area contributed by atoms with Crippen molar-refractivity contribution in [2.75, 3.05) is 6.54 Å². The number of nitrogens with zero attached hydrogens (tertiary/aromatic N) is 1. The van der Waals surface area contributed by atoms with E-state index >= 15 is 0 Å². The van der Waals surface area contributed by atoms with Crippen LogP contribution in [0.15, 0.2) is 6.20 Å². The third-order valence-electron chi connectivity index (χ3n) is 2.88. The lowest BCUT2D eigenvalue weighted by atomic mass is 10.1. The number of aliphatic hydroxyl groups is 1. The summed E-state index contributed by atoms with van der Waals surface area (Å²) in [4.78, 5) is 15.5. The van der Waals surface area contributed by atoms with Gasteiger partial charge in [0, 0.05) is 42.9 Å². The highest BCUT2D eigenvalue weighted by molar-refractivity contribution is 5.76. The van der Waals surface area contributed by atoms with Gasteiger partial charge in [-0.05, 0) is 20.8 Å². The van der Waals surface area contributed by atoms with Crippen LogP contribution in [-0.4, -0.2) is 33.7 Å². The molecule has 0 aromatic carbocycles. The molecule has 0 aliphatic rings. The first-order valence-electron chi connectivity index (χ1n) is 6.73. The molecular formula is C14H23N3O3. The zero-order chi connectivity index (χ0) is 15.1. The van der Waals surface area contributed by atoms with Crippen molar-refractivity contribution in [2.24, 2.45) is 0 Å². The largest absolute Gasteiger partial charge is 0.506 e. The first-order chi connectivity index (χ1) is 9.45. The Morgan fingerprint density at radius 1 is 1.45 bits per heavy atom. The maximum atomic E-state index is 11.5. The van der Waals surface area contributed by atoms with Crippen LogP contribution in [0.4, 0.5) is 0 Å². The summed E-state index contributed by atoms with van der Waals surface area (Å²) >= 11 is 0. The van der Waals surface area contributed by atoms with Crippen LogP contribution in [0.2, 0.25) is 0 Å². The molecule has 1 aromatic rings. The molecule has 0 fully saturated rings. The molecule has 1 aromatic heterocycles. The van der Waals surface area contributed by atoms with E-state index in [4.69, 9.17) is 0 Å². The van der Waals surface area contributed by atoms with Gasteiger partial charge in [0.15, 0.2) is 0 Å². The van der Waals surface area contributed by atoms with E-state index in [0.717, 1.165) is 0 Å². The lowest BCUT2D eigenvalue weighted by Crippen LogP contribution is -2.32. The Morgan fingerprint density at radius 3 is 2.75 bits per heavy atom. The van der Waals surface area contributed by atoms with E-state index in [1.54, 1.807) is 13.1 Å². The topological polar surface area (TPSA) is 94.5 Å². The normalized spacial score (nSPS) is 10.8. The molecule has 1 heterocycles. The highest BCUT2D eigenvalue weighted by Crippen LogP contribution is 2.23. The Bertz CT molecular complexity index is 461. The zero-order valence-electron chi connectivity index (χ0n) is 12.2. The smallest absolute Gasteiger partial charge is 0.221 e. The van der Waals surface area contributed by atoms with Gasteiger partial charge >= 0.3 is 0 Å². The fourth-order valence-corrected chi connectivity index (χ4v) is 1.83. The SMILES string of the molecule is Cc1ncc(CO)c(CNCCC(=O)NC(C)C)c1O. The number of carbonyl (C=O) groups excluding carboxylic acids is 1. The van der Waals surface area contributed by atoms with E-state index < -0.39 is 0 Å². The number of aryl methyl sites for hydroxylation is 1. The lowest BCUT2D eigenvalue weighted by Gasteiger charge is -2.12. The van der Waals surface area contributed by atoms with Crippen LogP contribution in [0.3, 0.4) is 0 Å². The molecule has 0 saturated heterocycles. The minimum Gasteiger partial charge on any atom is -0.506 e. The highest BCUT2D eigenvalue weighted by Gasteiger charge is 2.11. The fourth-order valence-electron chi connectivity index (χ4n) is 1.83. The predicted molar refractivity (Wildman–Crippen MR) is 76.2 cm³/mol. The van der Waals surface area contributed by atoms with Crippen LogP contribution < -0.4 is 10.6 Å². The van der Waals surface area contributed by atoms with Crippen molar-refractivity contribution in [3.05, 3.63) is 23.0 Å². The molecule has 6 nitrogen and oxygen atoms in total. The monoisotopic (exact) mass is 281 g/mol. The fraction of sp³-hybridized carbons (Fsp3) is 0.571. The van der Waals surface area contributed by atoms with E-state index in [0.29, 0.717) is 36.3 Å². The van der Waals surface area contributed by atoms with Gasteiger partial charge in [-0.3, -0.25) is 9.78 Å². The molecule has 0 saturated carbocycles. The molecule has 0 spiro atoms. The van der Waals surface area contributed by atoms with Gasteiger partial charge in [0.05, 0.1) is 12.3 Å². The Labute approximate surface area is 119 Å². The van der Waals surface area contributed by atoms with Crippen LogP contribution in [0.5, 0.6) is 5.75 Å². The van der Waals surface area contributed by atoms with Crippen molar-refractivity contribution in [1.82, 2.24) is 15.6 Å². The summed E-state index contributed by atoms with van der Waals surface area (Å²) in [6, 6.07) is 0.135. The van der Waals surface area contributed by atoms with Crippen molar-refractivity contribution in [2.45, 2.75) is 46.4 Å². The third kappa shape index (κ3) is 4.79. The summed E-state index contributed by atoms with van der Waals surface area (Å²) in [6.45, 7) is 6.25. The maximum Gasteiger partial charge on any atom is 0.221 e. The number of rotatable bonds is 7. The van der Waals surface area contributed by atoms with Crippen LogP contribution in [0.1, 0.15) is 37.1 Å². The summed E-state index contributed by atoms with van der Waals surface area (Å²) in [5, 5.41) is 25.1. The quantitative estimate of drug-likeness (QED) is 0.549. The second-order valence-corrected chi connectivity index (χ2v) is 5.00. The predicted octanol–water partition coefficient (Wildman–Crippen LogP) is 0.592. The van der Waals surface area contributed by atoms with E-state index in [1.165, 1.54) is 0 Å². The highest BCUT2D eigenvalue weighted by atomic mass is 16.3. The molecule has 0 aliphatic carbocycles. The third-order valence-corrected chi connectivity index (χ3v) is 2.88. The summed E-state index contributed by atoms with van der Waals surface area (Å²) in [5.41, 5.74) is 1.74. The average molecular weight is 281 g/mol. The van der Waals surface area contributed by atoms with Crippen LogP contribution >= 0.6 is 0 Å². The molecule has 0 aliphatic heterocycles. The van der Waals surface area contributed by atoms with Gasteiger partial charge in [-0.25, -0.2) is 0 Å². The first kappa shape index (κ1) is 16.4. The molecule has 0 radical (unpaired) electrons.